The molecule has 0 radical (unpaired) electrons. The van der Waals surface area contributed by atoms with E-state index in [9.17, 15) is 4.79 Å². The Labute approximate surface area is 94.4 Å². The molecule has 0 bridgehead atoms. The molecule has 0 aliphatic rings. The van der Waals surface area contributed by atoms with Gasteiger partial charge in [0.15, 0.2) is 5.78 Å². The number of hydrogen-bond acceptors (Lipinski definition) is 2. The molecule has 0 aromatic rings. The van der Waals surface area contributed by atoms with E-state index in [1.54, 1.807) is 6.08 Å². The van der Waals surface area contributed by atoms with Crippen molar-refractivity contribution in [2.24, 2.45) is 5.41 Å². The average molecular weight is 211 g/mol. The van der Waals surface area contributed by atoms with Gasteiger partial charge in [0.1, 0.15) is 0 Å². The Morgan fingerprint density at radius 1 is 1.20 bits per heavy atom. The summed E-state index contributed by atoms with van der Waals surface area (Å²) in [5.41, 5.74) is 0.0939. The lowest BCUT2D eigenvalue weighted by molar-refractivity contribution is -0.116. The Morgan fingerprint density at radius 3 is 2.13 bits per heavy atom. The molecule has 0 amide bonds. The Hall–Kier alpha value is -0.630. The minimum Gasteiger partial charge on any atom is -0.300 e. The maximum atomic E-state index is 11.5. The molecule has 0 rings (SSSR count). The van der Waals surface area contributed by atoms with Gasteiger partial charge in [-0.25, -0.2) is 0 Å². The van der Waals surface area contributed by atoms with Crippen molar-refractivity contribution in [3.8, 4) is 0 Å². The highest BCUT2D eigenvalue weighted by Crippen LogP contribution is 2.18. The smallest absolute Gasteiger partial charge is 0.155 e. The summed E-state index contributed by atoms with van der Waals surface area (Å²) in [7, 11) is 0. The number of ketones is 1. The van der Waals surface area contributed by atoms with Crippen molar-refractivity contribution in [2.75, 3.05) is 19.6 Å². The summed E-state index contributed by atoms with van der Waals surface area (Å²) >= 11 is 0. The normalized spacial score (nSPS) is 12.7. The van der Waals surface area contributed by atoms with Crippen LogP contribution in [-0.4, -0.2) is 30.3 Å². The Morgan fingerprint density at radius 2 is 1.73 bits per heavy atom. The van der Waals surface area contributed by atoms with E-state index in [-0.39, 0.29) is 11.2 Å². The van der Waals surface area contributed by atoms with Gasteiger partial charge in [0.05, 0.1) is 0 Å². The van der Waals surface area contributed by atoms with E-state index in [0.717, 1.165) is 19.6 Å². The number of likely N-dealkylation sites (N-methyl/N-ethyl adjacent to an activating group) is 1. The molecular formula is C13H25NO. The fourth-order valence-electron chi connectivity index (χ4n) is 1.40. The monoisotopic (exact) mass is 211 g/mol. The first-order chi connectivity index (χ1) is 6.89. The molecule has 0 atom stereocenters. The molecule has 0 saturated heterocycles. The van der Waals surface area contributed by atoms with E-state index in [4.69, 9.17) is 0 Å². The molecule has 0 aliphatic heterocycles. The fourth-order valence-corrected chi connectivity index (χ4v) is 1.40. The van der Waals surface area contributed by atoms with Crippen LogP contribution in [0.4, 0.5) is 0 Å². The highest BCUT2D eigenvalue weighted by Gasteiger charge is 2.13. The number of rotatable bonds is 6. The van der Waals surface area contributed by atoms with Gasteiger partial charge in [0, 0.05) is 13.0 Å². The second kappa shape index (κ2) is 6.78. The highest BCUT2D eigenvalue weighted by molar-refractivity contribution is 5.90. The van der Waals surface area contributed by atoms with Crippen molar-refractivity contribution < 1.29 is 4.79 Å². The summed E-state index contributed by atoms with van der Waals surface area (Å²) in [5.74, 6) is 0.231. The lowest BCUT2D eigenvalue weighted by Gasteiger charge is -2.16. The SMILES string of the molecule is CCN(CC)C/C=C/C(=O)CC(C)(C)C. The van der Waals surface area contributed by atoms with Crippen LogP contribution < -0.4 is 0 Å². The van der Waals surface area contributed by atoms with Crippen molar-refractivity contribution in [2.45, 2.75) is 41.0 Å². The van der Waals surface area contributed by atoms with E-state index in [1.807, 2.05) is 6.08 Å². The summed E-state index contributed by atoms with van der Waals surface area (Å²) < 4.78 is 0. The van der Waals surface area contributed by atoms with E-state index in [2.05, 4.69) is 39.5 Å². The van der Waals surface area contributed by atoms with Crippen LogP contribution in [-0.2, 0) is 4.79 Å². The fraction of sp³-hybridized carbons (Fsp3) is 0.769. The zero-order valence-corrected chi connectivity index (χ0v) is 10.8. The van der Waals surface area contributed by atoms with Gasteiger partial charge in [-0.3, -0.25) is 4.79 Å². The third kappa shape index (κ3) is 8.37. The van der Waals surface area contributed by atoms with Crippen LogP contribution in [0.25, 0.3) is 0 Å². The molecular weight excluding hydrogens is 186 g/mol. The molecule has 2 heteroatoms. The Balaban J connectivity index is 3.91. The van der Waals surface area contributed by atoms with E-state index in [0.29, 0.717) is 6.42 Å². The number of nitrogens with zero attached hydrogens (tertiary/aromatic N) is 1. The summed E-state index contributed by atoms with van der Waals surface area (Å²) in [4.78, 5) is 13.8. The molecule has 0 N–H and O–H groups in total. The third-order valence-electron chi connectivity index (χ3n) is 2.27. The first-order valence-electron chi connectivity index (χ1n) is 5.80. The van der Waals surface area contributed by atoms with Crippen molar-refractivity contribution >= 4 is 5.78 Å². The second-order valence-corrected chi connectivity index (χ2v) is 5.09. The lowest BCUT2D eigenvalue weighted by Crippen LogP contribution is -2.22. The molecule has 0 aliphatic carbocycles. The zero-order chi connectivity index (χ0) is 11.9. The molecule has 15 heavy (non-hydrogen) atoms. The maximum Gasteiger partial charge on any atom is 0.155 e. The van der Waals surface area contributed by atoms with Crippen molar-refractivity contribution in [3.63, 3.8) is 0 Å². The minimum absolute atomic E-state index is 0.0939. The first-order valence-corrected chi connectivity index (χ1v) is 5.80. The molecule has 0 spiro atoms. The standard InChI is InChI=1S/C13H25NO/c1-6-14(7-2)10-8-9-12(15)11-13(3,4)5/h8-9H,6-7,10-11H2,1-5H3/b9-8+. The summed E-state index contributed by atoms with van der Waals surface area (Å²) in [6.07, 6.45) is 4.33. The van der Waals surface area contributed by atoms with Crippen molar-refractivity contribution in [1.29, 1.82) is 0 Å². The topological polar surface area (TPSA) is 20.3 Å². The molecule has 0 fully saturated rings. The molecule has 2 nitrogen and oxygen atoms in total. The van der Waals surface area contributed by atoms with Gasteiger partial charge in [0.2, 0.25) is 0 Å². The van der Waals surface area contributed by atoms with Gasteiger partial charge in [-0.15, -0.1) is 0 Å². The van der Waals surface area contributed by atoms with Gasteiger partial charge in [-0.05, 0) is 24.6 Å². The molecule has 88 valence electrons. The van der Waals surface area contributed by atoms with Crippen molar-refractivity contribution in [3.05, 3.63) is 12.2 Å². The van der Waals surface area contributed by atoms with E-state index >= 15 is 0 Å². The van der Waals surface area contributed by atoms with Crippen LogP contribution in [0.15, 0.2) is 12.2 Å². The quantitative estimate of drug-likeness (QED) is 0.630. The molecule has 0 saturated carbocycles. The first kappa shape index (κ1) is 14.4. The lowest BCUT2D eigenvalue weighted by atomic mass is 9.90. The Bertz CT molecular complexity index is 209. The van der Waals surface area contributed by atoms with Crippen LogP contribution in [0, 0.1) is 5.41 Å². The third-order valence-corrected chi connectivity index (χ3v) is 2.27. The van der Waals surface area contributed by atoms with Gasteiger partial charge in [-0.2, -0.15) is 0 Å². The molecule has 0 heterocycles. The number of carbonyl (C=O) groups is 1. The minimum atomic E-state index is 0.0939. The van der Waals surface area contributed by atoms with Crippen LogP contribution in [0.3, 0.4) is 0 Å². The van der Waals surface area contributed by atoms with Crippen LogP contribution in [0.2, 0.25) is 0 Å². The average Bonchev–Trinajstić information content (AvgIpc) is 2.09. The molecule has 0 unspecified atom stereocenters. The summed E-state index contributed by atoms with van der Waals surface area (Å²) in [5, 5.41) is 0. The molecule has 0 aromatic carbocycles. The van der Waals surface area contributed by atoms with E-state index in [1.165, 1.54) is 0 Å². The van der Waals surface area contributed by atoms with E-state index < -0.39 is 0 Å². The van der Waals surface area contributed by atoms with Gasteiger partial charge in [-0.1, -0.05) is 40.7 Å². The summed E-state index contributed by atoms with van der Waals surface area (Å²) in [6.45, 7) is 13.5. The van der Waals surface area contributed by atoms with Crippen molar-refractivity contribution in [1.82, 2.24) is 4.90 Å². The van der Waals surface area contributed by atoms with Gasteiger partial charge in [0.25, 0.3) is 0 Å². The summed E-state index contributed by atoms with van der Waals surface area (Å²) in [6, 6.07) is 0. The maximum absolute atomic E-state index is 11.5. The van der Waals surface area contributed by atoms with Crippen LogP contribution >= 0.6 is 0 Å². The number of carbonyl (C=O) groups excluding carboxylic acids is 1. The number of allylic oxidation sites excluding steroid dienone is 1. The highest BCUT2D eigenvalue weighted by atomic mass is 16.1. The predicted octanol–water partition coefficient (Wildman–Crippen LogP) is 2.89. The second-order valence-electron chi connectivity index (χ2n) is 5.09. The Kier molecular flexibility index (Phi) is 6.50. The van der Waals surface area contributed by atoms with Gasteiger partial charge < -0.3 is 4.90 Å². The zero-order valence-electron chi connectivity index (χ0n) is 10.8. The number of hydrogen-bond donors (Lipinski definition) is 0. The van der Waals surface area contributed by atoms with Gasteiger partial charge >= 0.3 is 0 Å². The molecule has 0 aromatic heterocycles. The largest absolute Gasteiger partial charge is 0.300 e. The van der Waals surface area contributed by atoms with Crippen LogP contribution in [0.1, 0.15) is 41.0 Å². The predicted molar refractivity (Wildman–Crippen MR) is 66.0 cm³/mol. The van der Waals surface area contributed by atoms with Crippen LogP contribution in [0.5, 0.6) is 0 Å².